The molecule has 0 aromatic heterocycles. The van der Waals surface area contributed by atoms with E-state index in [9.17, 15) is 4.79 Å². The molecular formula is C23H23ClN2O3. The molecule has 0 saturated carbocycles. The van der Waals surface area contributed by atoms with Crippen molar-refractivity contribution in [3.05, 3.63) is 75.8 Å². The summed E-state index contributed by atoms with van der Waals surface area (Å²) in [5.74, 6) is 0.654. The van der Waals surface area contributed by atoms with Crippen molar-refractivity contribution in [2.75, 3.05) is 26.3 Å². The zero-order valence-electron chi connectivity index (χ0n) is 16.1. The lowest BCUT2D eigenvalue weighted by atomic mass is 9.99. The molecule has 6 heteroatoms. The fourth-order valence-corrected chi connectivity index (χ4v) is 3.67. The molecule has 0 radical (unpaired) electrons. The summed E-state index contributed by atoms with van der Waals surface area (Å²) < 4.78 is 5.54. The van der Waals surface area contributed by atoms with Gasteiger partial charge in [0.2, 0.25) is 5.90 Å². The number of amides is 1. The van der Waals surface area contributed by atoms with Crippen molar-refractivity contribution in [3.63, 3.8) is 0 Å². The number of likely N-dealkylation sites (tertiary alicyclic amines) is 1. The number of benzene rings is 2. The summed E-state index contributed by atoms with van der Waals surface area (Å²) in [6.07, 6.45) is 3.94. The van der Waals surface area contributed by atoms with Gasteiger partial charge in [-0.05, 0) is 54.8 Å². The molecule has 29 heavy (non-hydrogen) atoms. The van der Waals surface area contributed by atoms with Crippen LogP contribution in [-0.2, 0) is 4.74 Å². The van der Waals surface area contributed by atoms with Crippen LogP contribution in [0.1, 0.15) is 34.3 Å². The molecule has 2 heterocycles. The molecule has 2 aromatic carbocycles. The number of rotatable bonds is 4. The zero-order chi connectivity index (χ0) is 20.2. The summed E-state index contributed by atoms with van der Waals surface area (Å²) in [6, 6.07) is 15.0. The van der Waals surface area contributed by atoms with Crippen LogP contribution in [0.3, 0.4) is 0 Å². The summed E-state index contributed by atoms with van der Waals surface area (Å²) in [5, 5.41) is 9.80. The molecule has 5 nitrogen and oxygen atoms in total. The van der Waals surface area contributed by atoms with Crippen LogP contribution in [0.4, 0.5) is 0 Å². The molecule has 2 aromatic rings. The van der Waals surface area contributed by atoms with Gasteiger partial charge in [0.15, 0.2) is 0 Å². The molecule has 2 aliphatic heterocycles. The first-order chi connectivity index (χ1) is 14.1. The van der Waals surface area contributed by atoms with Crippen LogP contribution in [0.25, 0.3) is 6.08 Å². The van der Waals surface area contributed by atoms with E-state index < -0.39 is 0 Å². The maximum Gasteiger partial charge on any atom is 0.253 e. The van der Waals surface area contributed by atoms with E-state index in [1.54, 1.807) is 24.3 Å². The van der Waals surface area contributed by atoms with Gasteiger partial charge in [0.05, 0.1) is 6.61 Å². The van der Waals surface area contributed by atoms with Crippen molar-refractivity contribution >= 4 is 29.5 Å². The zero-order valence-corrected chi connectivity index (χ0v) is 16.8. The Hall–Kier alpha value is -2.63. The highest BCUT2D eigenvalue weighted by Gasteiger charge is 2.21. The molecule has 0 aliphatic carbocycles. The topological polar surface area (TPSA) is 62.1 Å². The summed E-state index contributed by atoms with van der Waals surface area (Å²) in [4.78, 5) is 18.9. The number of ether oxygens (including phenoxy) is 1. The van der Waals surface area contributed by atoms with Crippen LogP contribution in [0.2, 0.25) is 5.02 Å². The van der Waals surface area contributed by atoms with E-state index in [0.717, 1.165) is 37.1 Å². The molecule has 4 rings (SSSR count). The quantitative estimate of drug-likeness (QED) is 0.833. The number of carbonyl (C=O) groups is 1. The Morgan fingerprint density at radius 3 is 2.45 bits per heavy atom. The highest BCUT2D eigenvalue weighted by atomic mass is 35.5. The maximum absolute atomic E-state index is 12.6. The lowest BCUT2D eigenvalue weighted by Crippen LogP contribution is -2.36. The van der Waals surface area contributed by atoms with Crippen molar-refractivity contribution in [1.29, 1.82) is 0 Å². The van der Waals surface area contributed by atoms with E-state index >= 15 is 0 Å². The molecule has 1 saturated heterocycles. The van der Waals surface area contributed by atoms with E-state index in [1.807, 2.05) is 29.2 Å². The van der Waals surface area contributed by atoms with Crippen LogP contribution in [0.15, 0.2) is 59.1 Å². The molecule has 0 spiro atoms. The van der Waals surface area contributed by atoms with Crippen molar-refractivity contribution < 1.29 is 14.6 Å². The first-order valence-electron chi connectivity index (χ1n) is 9.78. The second kappa shape index (κ2) is 8.80. The smallest absolute Gasteiger partial charge is 0.253 e. The van der Waals surface area contributed by atoms with Gasteiger partial charge in [-0.25, -0.2) is 4.99 Å². The Morgan fingerprint density at radius 2 is 1.83 bits per heavy atom. The second-order valence-corrected chi connectivity index (χ2v) is 7.74. The predicted molar refractivity (Wildman–Crippen MR) is 114 cm³/mol. The number of aliphatic hydroxyl groups is 1. The third kappa shape index (κ3) is 4.69. The van der Waals surface area contributed by atoms with Gasteiger partial charge >= 0.3 is 0 Å². The molecule has 2 aliphatic rings. The van der Waals surface area contributed by atoms with Crippen molar-refractivity contribution in [2.24, 2.45) is 4.99 Å². The monoisotopic (exact) mass is 410 g/mol. The summed E-state index contributed by atoms with van der Waals surface area (Å²) in [7, 11) is 0. The lowest BCUT2D eigenvalue weighted by Gasteiger charge is -2.28. The molecule has 1 unspecified atom stereocenters. The van der Waals surface area contributed by atoms with Gasteiger partial charge < -0.3 is 14.7 Å². The van der Waals surface area contributed by atoms with E-state index in [0.29, 0.717) is 23.1 Å². The number of hydrogen-bond donors (Lipinski definition) is 1. The standard InChI is InChI=1S/C23H23ClN2O3/c24-20-7-5-19(6-8-20)23(28)26-11-9-17(10-12-26)13-16-1-3-18(4-2-16)22-25-21(14-27)15-29-22/h1-8,13,21,27H,9-12,14-15H2. The average Bonchev–Trinajstić information content (AvgIpc) is 3.24. The van der Waals surface area contributed by atoms with Crippen molar-refractivity contribution in [3.8, 4) is 0 Å². The molecule has 1 atom stereocenters. The van der Waals surface area contributed by atoms with Crippen LogP contribution in [-0.4, -0.2) is 54.2 Å². The minimum atomic E-state index is -0.160. The van der Waals surface area contributed by atoms with E-state index in [-0.39, 0.29) is 18.6 Å². The molecule has 0 bridgehead atoms. The van der Waals surface area contributed by atoms with Crippen LogP contribution in [0, 0.1) is 0 Å². The highest BCUT2D eigenvalue weighted by Crippen LogP contribution is 2.22. The van der Waals surface area contributed by atoms with E-state index in [4.69, 9.17) is 21.4 Å². The first kappa shape index (κ1) is 19.7. The van der Waals surface area contributed by atoms with Gasteiger partial charge in [0.25, 0.3) is 5.91 Å². The summed E-state index contributed by atoms with van der Waals surface area (Å²) >= 11 is 5.90. The number of piperidine rings is 1. The SMILES string of the molecule is O=C(c1ccc(Cl)cc1)N1CCC(=Cc2ccc(C3=NC(CO)CO3)cc2)CC1. The molecule has 1 N–H and O–H groups in total. The number of aliphatic hydroxyl groups excluding tert-OH is 1. The maximum atomic E-state index is 12.6. The number of nitrogens with zero attached hydrogens (tertiary/aromatic N) is 2. The van der Waals surface area contributed by atoms with Gasteiger partial charge in [-0.1, -0.05) is 35.4 Å². The number of carbonyl (C=O) groups excluding carboxylic acids is 1. The predicted octanol–water partition coefficient (Wildman–Crippen LogP) is 3.80. The third-order valence-electron chi connectivity index (χ3n) is 5.24. The van der Waals surface area contributed by atoms with Gasteiger partial charge in [-0.2, -0.15) is 0 Å². The molecule has 1 amide bonds. The Kier molecular flexibility index (Phi) is 5.97. The van der Waals surface area contributed by atoms with Gasteiger partial charge in [-0.3, -0.25) is 4.79 Å². The van der Waals surface area contributed by atoms with Crippen molar-refractivity contribution in [2.45, 2.75) is 18.9 Å². The lowest BCUT2D eigenvalue weighted by molar-refractivity contribution is 0.0744. The van der Waals surface area contributed by atoms with Gasteiger partial charge in [-0.15, -0.1) is 0 Å². The van der Waals surface area contributed by atoms with Gasteiger partial charge in [0, 0.05) is 29.2 Å². The molecule has 1 fully saturated rings. The summed E-state index contributed by atoms with van der Waals surface area (Å²) in [5.41, 5.74) is 4.07. The van der Waals surface area contributed by atoms with Crippen LogP contribution in [0.5, 0.6) is 0 Å². The number of halogens is 1. The largest absolute Gasteiger partial charge is 0.475 e. The van der Waals surface area contributed by atoms with Crippen molar-refractivity contribution in [1.82, 2.24) is 4.90 Å². The summed E-state index contributed by atoms with van der Waals surface area (Å²) in [6.45, 7) is 1.88. The molecule has 150 valence electrons. The van der Waals surface area contributed by atoms with Crippen LogP contribution < -0.4 is 0 Å². The third-order valence-corrected chi connectivity index (χ3v) is 5.49. The highest BCUT2D eigenvalue weighted by molar-refractivity contribution is 6.30. The normalized spacial score (nSPS) is 19.0. The second-order valence-electron chi connectivity index (χ2n) is 7.31. The van der Waals surface area contributed by atoms with E-state index in [1.165, 1.54) is 5.57 Å². The number of hydrogen-bond acceptors (Lipinski definition) is 4. The Balaban J connectivity index is 1.36. The fraction of sp³-hybridized carbons (Fsp3) is 0.304. The minimum Gasteiger partial charge on any atom is -0.475 e. The minimum absolute atomic E-state index is 0.00518. The average molecular weight is 411 g/mol. The number of aliphatic imine (C=N–C) groups is 1. The Morgan fingerprint density at radius 1 is 1.14 bits per heavy atom. The molecular weight excluding hydrogens is 388 g/mol. The van der Waals surface area contributed by atoms with Crippen LogP contribution >= 0.6 is 11.6 Å². The van der Waals surface area contributed by atoms with Gasteiger partial charge in [0.1, 0.15) is 12.6 Å². The Labute approximate surface area is 175 Å². The van der Waals surface area contributed by atoms with E-state index in [2.05, 4.69) is 11.1 Å². The Bertz CT molecular complexity index is 926. The fourth-order valence-electron chi connectivity index (χ4n) is 3.54. The first-order valence-corrected chi connectivity index (χ1v) is 10.2.